The van der Waals surface area contributed by atoms with Crippen LogP contribution in [0, 0.1) is 0 Å². The maximum Gasteiger partial charge on any atom is 0.287 e. The number of halogens is 1. The first-order valence-corrected chi connectivity index (χ1v) is 7.62. The van der Waals surface area contributed by atoms with Crippen LogP contribution in [-0.2, 0) is 0 Å². The van der Waals surface area contributed by atoms with Crippen LogP contribution in [0.3, 0.4) is 0 Å². The zero-order chi connectivity index (χ0) is 17.8. The zero-order valence-corrected chi connectivity index (χ0v) is 13.5. The number of nitrogens with one attached hydrogen (secondary N) is 3. The lowest BCUT2D eigenvalue weighted by atomic mass is 10.1. The molecule has 7 nitrogen and oxygen atoms in total. The number of phenols is 1. The minimum Gasteiger partial charge on any atom is -0.507 e. The van der Waals surface area contributed by atoms with Crippen molar-refractivity contribution in [3.8, 4) is 17.0 Å². The largest absolute Gasteiger partial charge is 0.507 e. The number of aromatic hydroxyl groups is 1. The van der Waals surface area contributed by atoms with Gasteiger partial charge in [-0.05, 0) is 24.3 Å². The van der Waals surface area contributed by atoms with Crippen molar-refractivity contribution in [3.05, 3.63) is 70.9 Å². The van der Waals surface area contributed by atoms with Gasteiger partial charge in [0.2, 0.25) is 0 Å². The van der Waals surface area contributed by atoms with Gasteiger partial charge in [0.25, 0.3) is 11.8 Å². The fourth-order valence-corrected chi connectivity index (χ4v) is 2.31. The number of carbonyl (C=O) groups is 2. The molecule has 8 heteroatoms. The summed E-state index contributed by atoms with van der Waals surface area (Å²) in [5.74, 6) is -1.52. The zero-order valence-electron chi connectivity index (χ0n) is 12.8. The molecule has 0 aliphatic rings. The highest BCUT2D eigenvalue weighted by molar-refractivity contribution is 6.31. The van der Waals surface area contributed by atoms with Crippen LogP contribution in [-0.4, -0.2) is 27.1 Å². The van der Waals surface area contributed by atoms with Gasteiger partial charge < -0.3 is 5.11 Å². The minimum absolute atomic E-state index is 0.0533. The van der Waals surface area contributed by atoms with E-state index in [1.807, 2.05) is 30.3 Å². The molecular weight excluding hydrogens is 344 g/mol. The standard InChI is InChI=1S/C17H13ClN4O3/c18-11-6-7-15(23)12(8-11)16(24)21-22-17(25)14-9-13(19-20-14)10-4-2-1-3-5-10/h1-9,23H,(H,19,20)(H,21,24)(H,22,25). The van der Waals surface area contributed by atoms with E-state index in [1.165, 1.54) is 18.2 Å². The highest BCUT2D eigenvalue weighted by Gasteiger charge is 2.15. The molecule has 1 aromatic heterocycles. The third-order valence-corrected chi connectivity index (χ3v) is 3.62. The highest BCUT2D eigenvalue weighted by atomic mass is 35.5. The molecule has 0 radical (unpaired) electrons. The van der Waals surface area contributed by atoms with E-state index in [0.717, 1.165) is 5.56 Å². The molecule has 1 heterocycles. The van der Waals surface area contributed by atoms with E-state index in [2.05, 4.69) is 21.0 Å². The molecule has 2 aromatic carbocycles. The Bertz CT molecular complexity index is 925. The first kappa shape index (κ1) is 16.5. The molecule has 25 heavy (non-hydrogen) atoms. The fraction of sp³-hybridized carbons (Fsp3) is 0. The van der Waals surface area contributed by atoms with Gasteiger partial charge in [0.15, 0.2) is 0 Å². The van der Waals surface area contributed by atoms with Gasteiger partial charge in [-0.25, -0.2) is 0 Å². The van der Waals surface area contributed by atoms with Gasteiger partial charge in [0, 0.05) is 10.6 Å². The monoisotopic (exact) mass is 356 g/mol. The number of carbonyl (C=O) groups excluding carboxylic acids is 2. The van der Waals surface area contributed by atoms with E-state index < -0.39 is 11.8 Å². The van der Waals surface area contributed by atoms with Gasteiger partial charge in [-0.15, -0.1) is 0 Å². The number of phenolic OH excluding ortho intramolecular Hbond substituents is 1. The fourth-order valence-electron chi connectivity index (χ4n) is 2.13. The van der Waals surface area contributed by atoms with Crippen molar-refractivity contribution in [1.29, 1.82) is 0 Å². The van der Waals surface area contributed by atoms with Crippen molar-refractivity contribution in [1.82, 2.24) is 21.0 Å². The van der Waals surface area contributed by atoms with Crippen LogP contribution in [0.5, 0.6) is 5.75 Å². The predicted molar refractivity (Wildman–Crippen MR) is 92.1 cm³/mol. The molecule has 0 atom stereocenters. The van der Waals surface area contributed by atoms with E-state index in [1.54, 1.807) is 6.07 Å². The van der Waals surface area contributed by atoms with Crippen LogP contribution in [0.25, 0.3) is 11.3 Å². The summed E-state index contributed by atoms with van der Waals surface area (Å²) in [4.78, 5) is 24.1. The third-order valence-electron chi connectivity index (χ3n) is 3.38. The van der Waals surface area contributed by atoms with Crippen molar-refractivity contribution >= 4 is 23.4 Å². The summed E-state index contributed by atoms with van der Waals surface area (Å²) in [7, 11) is 0. The number of aromatic nitrogens is 2. The summed E-state index contributed by atoms with van der Waals surface area (Å²) >= 11 is 5.79. The first-order chi connectivity index (χ1) is 12.0. The molecule has 2 amide bonds. The maximum absolute atomic E-state index is 12.1. The van der Waals surface area contributed by atoms with Gasteiger partial charge in [0.05, 0.1) is 11.3 Å². The van der Waals surface area contributed by atoms with Gasteiger partial charge in [-0.2, -0.15) is 5.10 Å². The van der Waals surface area contributed by atoms with Crippen molar-refractivity contribution in [2.45, 2.75) is 0 Å². The van der Waals surface area contributed by atoms with Gasteiger partial charge >= 0.3 is 0 Å². The minimum atomic E-state index is -0.698. The average Bonchev–Trinajstić information content (AvgIpc) is 3.12. The third kappa shape index (κ3) is 3.78. The second-order valence-electron chi connectivity index (χ2n) is 5.10. The lowest BCUT2D eigenvalue weighted by Gasteiger charge is -2.07. The summed E-state index contributed by atoms with van der Waals surface area (Å²) < 4.78 is 0. The van der Waals surface area contributed by atoms with Crippen molar-refractivity contribution < 1.29 is 14.7 Å². The number of rotatable bonds is 3. The molecule has 126 valence electrons. The summed E-state index contributed by atoms with van der Waals surface area (Å²) in [5, 5.41) is 16.6. The van der Waals surface area contributed by atoms with Crippen LogP contribution in [0.15, 0.2) is 54.6 Å². The number of nitrogens with zero attached hydrogens (tertiary/aromatic N) is 1. The smallest absolute Gasteiger partial charge is 0.287 e. The molecular formula is C17H13ClN4O3. The highest BCUT2D eigenvalue weighted by Crippen LogP contribution is 2.21. The Morgan fingerprint density at radius 3 is 2.48 bits per heavy atom. The van der Waals surface area contributed by atoms with Crippen LogP contribution in [0.1, 0.15) is 20.8 Å². The molecule has 0 fully saturated rings. The maximum atomic E-state index is 12.1. The molecule has 0 saturated heterocycles. The van der Waals surface area contributed by atoms with E-state index in [9.17, 15) is 14.7 Å². The quantitative estimate of drug-likeness (QED) is 0.541. The number of amides is 2. The van der Waals surface area contributed by atoms with Crippen LogP contribution < -0.4 is 10.9 Å². The molecule has 0 saturated carbocycles. The molecule has 0 aliphatic carbocycles. The SMILES string of the molecule is O=C(NNC(=O)c1cc(Cl)ccc1O)c1cc(-c2ccccc2)n[nH]1. The lowest BCUT2D eigenvalue weighted by molar-refractivity contribution is 0.0842. The van der Waals surface area contributed by atoms with Crippen LogP contribution in [0.2, 0.25) is 5.02 Å². The van der Waals surface area contributed by atoms with Crippen LogP contribution >= 0.6 is 11.6 Å². The second-order valence-corrected chi connectivity index (χ2v) is 5.54. The summed E-state index contributed by atoms with van der Waals surface area (Å²) in [5.41, 5.74) is 6.03. The van der Waals surface area contributed by atoms with Gasteiger partial charge in [0.1, 0.15) is 11.4 Å². The van der Waals surface area contributed by atoms with Crippen molar-refractivity contribution in [3.63, 3.8) is 0 Å². The Hall–Kier alpha value is -3.32. The molecule has 4 N–H and O–H groups in total. The second kappa shape index (κ2) is 7.06. The molecule has 0 unspecified atom stereocenters. The summed E-state index contributed by atoms with van der Waals surface area (Å²) in [6.07, 6.45) is 0. The predicted octanol–water partition coefficient (Wildman–Crippen LogP) is 2.51. The summed E-state index contributed by atoms with van der Waals surface area (Å²) in [6.45, 7) is 0. The Labute approximate surface area is 147 Å². The normalized spacial score (nSPS) is 10.3. The number of hydrazine groups is 1. The van der Waals surface area contributed by atoms with Gasteiger partial charge in [-0.3, -0.25) is 25.5 Å². The van der Waals surface area contributed by atoms with Crippen LogP contribution in [0.4, 0.5) is 0 Å². The van der Waals surface area contributed by atoms with E-state index >= 15 is 0 Å². The number of aromatic amines is 1. The van der Waals surface area contributed by atoms with E-state index in [-0.39, 0.29) is 22.0 Å². The van der Waals surface area contributed by atoms with E-state index in [4.69, 9.17) is 11.6 Å². The summed E-state index contributed by atoms with van der Waals surface area (Å²) in [6, 6.07) is 14.9. The Morgan fingerprint density at radius 2 is 1.72 bits per heavy atom. The topological polar surface area (TPSA) is 107 Å². The number of hydrogen-bond acceptors (Lipinski definition) is 4. The number of hydrogen-bond donors (Lipinski definition) is 4. The Morgan fingerprint density at radius 1 is 1.00 bits per heavy atom. The van der Waals surface area contributed by atoms with Crippen molar-refractivity contribution in [2.75, 3.05) is 0 Å². The number of H-pyrrole nitrogens is 1. The molecule has 0 spiro atoms. The average molecular weight is 357 g/mol. The molecule has 0 aliphatic heterocycles. The van der Waals surface area contributed by atoms with Gasteiger partial charge in [-0.1, -0.05) is 41.9 Å². The lowest BCUT2D eigenvalue weighted by Crippen LogP contribution is -2.41. The first-order valence-electron chi connectivity index (χ1n) is 7.24. The number of benzene rings is 2. The molecule has 0 bridgehead atoms. The van der Waals surface area contributed by atoms with Crippen molar-refractivity contribution in [2.24, 2.45) is 0 Å². The Balaban J connectivity index is 1.66. The molecule has 3 aromatic rings. The van der Waals surface area contributed by atoms with E-state index in [0.29, 0.717) is 5.69 Å². The molecule has 3 rings (SSSR count). The Kier molecular flexibility index (Phi) is 4.67.